The summed E-state index contributed by atoms with van der Waals surface area (Å²) in [5, 5.41) is 8.00. The summed E-state index contributed by atoms with van der Waals surface area (Å²) in [7, 11) is 1.57. The Morgan fingerprint density at radius 2 is 2.03 bits per heavy atom. The van der Waals surface area contributed by atoms with Crippen LogP contribution in [0.1, 0.15) is 47.3 Å². The first kappa shape index (κ1) is 22.9. The second-order valence-corrected chi connectivity index (χ2v) is 8.57. The van der Waals surface area contributed by atoms with Crippen molar-refractivity contribution in [3.63, 3.8) is 0 Å². The Morgan fingerprint density at radius 1 is 1.24 bits per heavy atom. The van der Waals surface area contributed by atoms with Gasteiger partial charge in [0, 0.05) is 29.2 Å². The molecule has 1 N–H and O–H groups in total. The molecule has 0 aliphatic heterocycles. The van der Waals surface area contributed by atoms with Crippen molar-refractivity contribution >= 4 is 29.1 Å². The van der Waals surface area contributed by atoms with Gasteiger partial charge >= 0.3 is 0 Å². The van der Waals surface area contributed by atoms with E-state index >= 15 is 0 Å². The second kappa shape index (κ2) is 9.67. The predicted octanol–water partition coefficient (Wildman–Crippen LogP) is 4.82. The van der Waals surface area contributed by atoms with E-state index in [1.54, 1.807) is 42.3 Å². The number of ether oxygens (including phenoxy) is 1. The molecule has 0 saturated heterocycles. The minimum Gasteiger partial charge on any atom is -0.497 e. The summed E-state index contributed by atoms with van der Waals surface area (Å²) in [5.74, 6) is 0.443. The third-order valence-corrected chi connectivity index (χ3v) is 6.16. The van der Waals surface area contributed by atoms with E-state index in [-0.39, 0.29) is 24.3 Å². The van der Waals surface area contributed by atoms with E-state index in [4.69, 9.17) is 16.3 Å². The normalized spacial score (nSPS) is 13.0. The third kappa shape index (κ3) is 5.03. The third-order valence-electron chi connectivity index (χ3n) is 5.76. The smallest absolute Gasteiger partial charge is 0.257 e. The van der Waals surface area contributed by atoms with Crippen LogP contribution in [0.4, 0.5) is 5.69 Å². The molecule has 1 aliphatic carbocycles. The van der Waals surface area contributed by atoms with E-state index < -0.39 is 0 Å². The van der Waals surface area contributed by atoms with E-state index in [2.05, 4.69) is 10.4 Å². The molecule has 0 spiro atoms. The van der Waals surface area contributed by atoms with E-state index in [1.165, 1.54) is 4.90 Å². The highest BCUT2D eigenvalue weighted by molar-refractivity contribution is 6.31. The summed E-state index contributed by atoms with van der Waals surface area (Å²) in [6, 6.07) is 12.9. The molecule has 3 aromatic rings. The van der Waals surface area contributed by atoms with Crippen LogP contribution in [0, 0.1) is 6.92 Å². The van der Waals surface area contributed by atoms with Gasteiger partial charge in [-0.2, -0.15) is 5.10 Å². The van der Waals surface area contributed by atoms with Crippen molar-refractivity contribution in [2.45, 2.75) is 32.6 Å². The lowest BCUT2D eigenvalue weighted by molar-refractivity contribution is -0.116. The Balaban J connectivity index is 1.55. The van der Waals surface area contributed by atoms with Gasteiger partial charge in [-0.3, -0.25) is 9.59 Å². The van der Waals surface area contributed by atoms with E-state index in [1.807, 2.05) is 32.0 Å². The zero-order valence-electron chi connectivity index (χ0n) is 19.0. The number of aryl methyl sites for hydroxylation is 1. The number of anilines is 1. The first-order chi connectivity index (χ1) is 15.9. The van der Waals surface area contributed by atoms with Gasteiger partial charge in [0.25, 0.3) is 5.91 Å². The van der Waals surface area contributed by atoms with Gasteiger partial charge in [0.2, 0.25) is 5.91 Å². The molecule has 7 nitrogen and oxygen atoms in total. The van der Waals surface area contributed by atoms with Crippen molar-refractivity contribution in [2.24, 2.45) is 0 Å². The van der Waals surface area contributed by atoms with Gasteiger partial charge in [-0.25, -0.2) is 4.68 Å². The molecule has 1 heterocycles. The fourth-order valence-electron chi connectivity index (χ4n) is 3.76. The van der Waals surface area contributed by atoms with E-state index in [0.717, 1.165) is 29.8 Å². The molecule has 33 heavy (non-hydrogen) atoms. The van der Waals surface area contributed by atoms with Crippen molar-refractivity contribution in [1.82, 2.24) is 14.7 Å². The Labute approximate surface area is 198 Å². The number of rotatable bonds is 8. The fraction of sp³-hybridized carbons (Fsp3) is 0.320. The number of halogens is 1. The molecule has 0 bridgehead atoms. The van der Waals surface area contributed by atoms with Gasteiger partial charge in [0.05, 0.1) is 30.3 Å². The molecule has 0 radical (unpaired) electrons. The van der Waals surface area contributed by atoms with Crippen LogP contribution in [0.3, 0.4) is 0 Å². The van der Waals surface area contributed by atoms with Crippen LogP contribution in [0.25, 0.3) is 5.69 Å². The first-order valence-electron chi connectivity index (χ1n) is 11.0. The second-order valence-electron chi connectivity index (χ2n) is 8.16. The number of benzene rings is 2. The minimum atomic E-state index is -0.274. The van der Waals surface area contributed by atoms with Gasteiger partial charge in [-0.1, -0.05) is 23.7 Å². The standard InChI is InChI=1S/C25H27ClN4O3/c1-4-29(15-23(31)28-18-6-5-7-20(12-18)33-3)25(32)21-14-27-30(24(21)17-9-10-17)19-11-8-16(2)22(26)13-19/h5-8,11-14,17H,4,9-10,15H2,1-3H3,(H,28,31). The van der Waals surface area contributed by atoms with Crippen molar-refractivity contribution in [3.8, 4) is 11.4 Å². The number of methoxy groups -OCH3 is 1. The molecule has 2 amide bonds. The molecule has 1 fully saturated rings. The lowest BCUT2D eigenvalue weighted by Crippen LogP contribution is -2.38. The summed E-state index contributed by atoms with van der Waals surface area (Å²) >= 11 is 6.33. The molecule has 4 rings (SSSR count). The van der Waals surface area contributed by atoms with Crippen LogP contribution in [-0.2, 0) is 4.79 Å². The van der Waals surface area contributed by atoms with Crippen molar-refractivity contribution in [2.75, 3.05) is 25.5 Å². The molecule has 1 saturated carbocycles. The molecule has 1 aromatic heterocycles. The van der Waals surface area contributed by atoms with Gasteiger partial charge in [-0.05, 0) is 56.5 Å². The zero-order chi connectivity index (χ0) is 23.5. The van der Waals surface area contributed by atoms with E-state index in [0.29, 0.717) is 28.6 Å². The maximum absolute atomic E-state index is 13.4. The molecule has 8 heteroatoms. The summed E-state index contributed by atoms with van der Waals surface area (Å²) in [5.41, 5.74) is 3.84. The monoisotopic (exact) mass is 466 g/mol. The van der Waals surface area contributed by atoms with Crippen LogP contribution in [0.15, 0.2) is 48.7 Å². The number of nitrogens with one attached hydrogen (secondary N) is 1. The number of carbonyl (C=O) groups excluding carboxylic acids is 2. The summed E-state index contributed by atoms with van der Waals surface area (Å²) in [6.07, 6.45) is 3.62. The summed E-state index contributed by atoms with van der Waals surface area (Å²) in [4.78, 5) is 27.6. The number of likely N-dealkylation sites (N-methyl/N-ethyl adjacent to an activating group) is 1. The van der Waals surface area contributed by atoms with Crippen molar-refractivity contribution in [1.29, 1.82) is 0 Å². The molecule has 0 unspecified atom stereocenters. The topological polar surface area (TPSA) is 76.5 Å². The molecule has 1 aliphatic rings. The lowest BCUT2D eigenvalue weighted by atomic mass is 10.1. The highest BCUT2D eigenvalue weighted by Gasteiger charge is 2.34. The number of nitrogens with zero attached hydrogens (tertiary/aromatic N) is 3. The van der Waals surface area contributed by atoms with Crippen molar-refractivity contribution in [3.05, 3.63) is 70.5 Å². The van der Waals surface area contributed by atoms with Crippen LogP contribution in [-0.4, -0.2) is 46.7 Å². The maximum atomic E-state index is 13.4. The van der Waals surface area contributed by atoms with Crippen LogP contribution < -0.4 is 10.1 Å². The van der Waals surface area contributed by atoms with Crippen molar-refractivity contribution < 1.29 is 14.3 Å². The Bertz CT molecular complexity index is 1190. The molecule has 0 atom stereocenters. The molecular formula is C25H27ClN4O3. The highest BCUT2D eigenvalue weighted by Crippen LogP contribution is 2.43. The molecular weight excluding hydrogens is 440 g/mol. The van der Waals surface area contributed by atoms with Crippen LogP contribution in [0.5, 0.6) is 5.75 Å². The average Bonchev–Trinajstić information content (AvgIpc) is 3.56. The summed E-state index contributed by atoms with van der Waals surface area (Å²) in [6.45, 7) is 4.15. The number of hydrogen-bond acceptors (Lipinski definition) is 4. The lowest BCUT2D eigenvalue weighted by Gasteiger charge is -2.21. The summed E-state index contributed by atoms with van der Waals surface area (Å²) < 4.78 is 7.00. The Kier molecular flexibility index (Phi) is 6.70. The number of carbonyl (C=O) groups is 2. The van der Waals surface area contributed by atoms with Gasteiger partial charge < -0.3 is 15.0 Å². The Hall–Kier alpha value is -3.32. The average molecular weight is 467 g/mol. The number of amides is 2. The quantitative estimate of drug-likeness (QED) is 0.516. The van der Waals surface area contributed by atoms with Gasteiger partial charge in [0.1, 0.15) is 12.3 Å². The first-order valence-corrected chi connectivity index (χ1v) is 11.4. The zero-order valence-corrected chi connectivity index (χ0v) is 19.7. The maximum Gasteiger partial charge on any atom is 0.257 e. The minimum absolute atomic E-state index is 0.0574. The number of hydrogen-bond donors (Lipinski definition) is 1. The SMILES string of the molecule is CCN(CC(=O)Nc1cccc(OC)c1)C(=O)c1cnn(-c2ccc(C)c(Cl)c2)c1C1CC1. The largest absolute Gasteiger partial charge is 0.497 e. The van der Waals surface area contributed by atoms with Crippen LogP contribution >= 0.6 is 11.6 Å². The highest BCUT2D eigenvalue weighted by atomic mass is 35.5. The Morgan fingerprint density at radius 3 is 2.70 bits per heavy atom. The molecule has 2 aromatic carbocycles. The fourth-order valence-corrected chi connectivity index (χ4v) is 3.94. The number of aromatic nitrogens is 2. The van der Waals surface area contributed by atoms with Gasteiger partial charge in [-0.15, -0.1) is 0 Å². The predicted molar refractivity (Wildman–Crippen MR) is 128 cm³/mol. The van der Waals surface area contributed by atoms with E-state index in [9.17, 15) is 9.59 Å². The van der Waals surface area contributed by atoms with Gasteiger partial charge in [0.15, 0.2) is 0 Å². The van der Waals surface area contributed by atoms with Crippen LogP contribution in [0.2, 0.25) is 5.02 Å². The molecule has 172 valence electrons.